The van der Waals surface area contributed by atoms with Gasteiger partial charge in [-0.2, -0.15) is 0 Å². The Morgan fingerprint density at radius 2 is 1.86 bits per heavy atom. The lowest BCUT2D eigenvalue weighted by molar-refractivity contribution is -0.123. The molecule has 4 rings (SSSR count). The SMILES string of the molecule is CN(C)c1ccc(/C=C2/SC(=Nc3ccccc3)N(C3CCCC3)C2=O)cc1Br. The minimum absolute atomic E-state index is 0.0735. The molecule has 1 saturated carbocycles. The van der Waals surface area contributed by atoms with Crippen molar-refractivity contribution in [1.82, 2.24) is 4.90 Å². The fourth-order valence-corrected chi connectivity index (χ4v) is 5.60. The number of aliphatic imine (C=N–C) groups is 1. The maximum absolute atomic E-state index is 13.3. The highest BCUT2D eigenvalue weighted by atomic mass is 79.9. The van der Waals surface area contributed by atoms with Gasteiger partial charge in [0.25, 0.3) is 5.91 Å². The Balaban J connectivity index is 1.68. The fourth-order valence-electron chi connectivity index (χ4n) is 3.79. The van der Waals surface area contributed by atoms with E-state index in [9.17, 15) is 4.79 Å². The van der Waals surface area contributed by atoms with Crippen LogP contribution in [0.15, 0.2) is 62.9 Å². The Labute approximate surface area is 184 Å². The van der Waals surface area contributed by atoms with E-state index in [2.05, 4.69) is 33.0 Å². The number of rotatable bonds is 4. The number of para-hydroxylation sites is 1. The topological polar surface area (TPSA) is 35.9 Å². The third kappa shape index (κ3) is 4.43. The molecule has 2 aliphatic rings. The van der Waals surface area contributed by atoms with Gasteiger partial charge in [0.1, 0.15) is 0 Å². The second-order valence-electron chi connectivity index (χ2n) is 7.56. The molecule has 0 spiro atoms. The molecule has 0 aromatic heterocycles. The molecular weight excluding hydrogens is 446 g/mol. The minimum Gasteiger partial charge on any atom is -0.377 e. The smallest absolute Gasteiger partial charge is 0.267 e. The van der Waals surface area contributed by atoms with E-state index in [1.807, 2.05) is 61.5 Å². The molecule has 1 saturated heterocycles. The summed E-state index contributed by atoms with van der Waals surface area (Å²) in [6.07, 6.45) is 6.44. The number of amides is 1. The summed E-state index contributed by atoms with van der Waals surface area (Å²) in [5.41, 5.74) is 2.99. The Morgan fingerprint density at radius 1 is 1.14 bits per heavy atom. The van der Waals surface area contributed by atoms with Crippen molar-refractivity contribution < 1.29 is 4.79 Å². The van der Waals surface area contributed by atoms with Crippen LogP contribution in [0.2, 0.25) is 0 Å². The van der Waals surface area contributed by atoms with E-state index in [-0.39, 0.29) is 11.9 Å². The molecule has 2 aromatic rings. The van der Waals surface area contributed by atoms with Gasteiger partial charge < -0.3 is 4.90 Å². The monoisotopic (exact) mass is 469 g/mol. The van der Waals surface area contributed by atoms with E-state index >= 15 is 0 Å². The van der Waals surface area contributed by atoms with E-state index < -0.39 is 0 Å². The summed E-state index contributed by atoms with van der Waals surface area (Å²) in [6.45, 7) is 0. The molecule has 0 radical (unpaired) electrons. The zero-order valence-electron chi connectivity index (χ0n) is 16.6. The van der Waals surface area contributed by atoms with Gasteiger partial charge in [0.2, 0.25) is 0 Å². The van der Waals surface area contributed by atoms with E-state index in [0.717, 1.165) is 44.3 Å². The van der Waals surface area contributed by atoms with E-state index in [1.165, 1.54) is 24.6 Å². The van der Waals surface area contributed by atoms with Crippen molar-refractivity contribution in [3.05, 3.63) is 63.5 Å². The summed E-state index contributed by atoms with van der Waals surface area (Å²) in [5, 5.41) is 0.795. The summed E-state index contributed by atoms with van der Waals surface area (Å²) >= 11 is 5.12. The number of benzene rings is 2. The average molecular weight is 470 g/mol. The first-order valence-electron chi connectivity index (χ1n) is 9.86. The van der Waals surface area contributed by atoms with Crippen LogP contribution >= 0.6 is 27.7 Å². The van der Waals surface area contributed by atoms with Crippen LogP contribution < -0.4 is 4.90 Å². The third-order valence-electron chi connectivity index (χ3n) is 5.26. The molecule has 1 heterocycles. The third-order valence-corrected chi connectivity index (χ3v) is 6.88. The highest BCUT2D eigenvalue weighted by Crippen LogP contribution is 2.39. The van der Waals surface area contributed by atoms with Crippen molar-refractivity contribution in [3.63, 3.8) is 0 Å². The predicted molar refractivity (Wildman–Crippen MR) is 127 cm³/mol. The quantitative estimate of drug-likeness (QED) is 0.510. The van der Waals surface area contributed by atoms with Crippen molar-refractivity contribution in [2.45, 2.75) is 31.7 Å². The first kappa shape index (κ1) is 20.2. The van der Waals surface area contributed by atoms with Crippen LogP contribution in [0.4, 0.5) is 11.4 Å². The number of nitrogens with zero attached hydrogens (tertiary/aromatic N) is 3. The van der Waals surface area contributed by atoms with Crippen molar-refractivity contribution in [1.29, 1.82) is 0 Å². The minimum atomic E-state index is 0.0735. The molecule has 29 heavy (non-hydrogen) atoms. The number of carbonyl (C=O) groups is 1. The van der Waals surface area contributed by atoms with E-state index in [0.29, 0.717) is 0 Å². The predicted octanol–water partition coefficient (Wildman–Crippen LogP) is 6.06. The maximum atomic E-state index is 13.3. The Kier molecular flexibility index (Phi) is 6.11. The Bertz CT molecular complexity index is 965. The number of anilines is 1. The lowest BCUT2D eigenvalue weighted by atomic mass is 10.1. The second kappa shape index (κ2) is 8.76. The van der Waals surface area contributed by atoms with Crippen molar-refractivity contribution in [2.75, 3.05) is 19.0 Å². The molecule has 0 atom stereocenters. The Morgan fingerprint density at radius 3 is 2.52 bits per heavy atom. The Hall–Kier alpha value is -2.05. The molecular formula is C23H24BrN3OS. The van der Waals surface area contributed by atoms with Crippen LogP contribution in [0.25, 0.3) is 6.08 Å². The van der Waals surface area contributed by atoms with Crippen LogP contribution in [-0.4, -0.2) is 36.1 Å². The molecule has 1 aliphatic carbocycles. The normalized spacial score (nSPS) is 20.2. The molecule has 150 valence electrons. The van der Waals surface area contributed by atoms with Crippen LogP contribution in [0.1, 0.15) is 31.2 Å². The number of thioether (sulfide) groups is 1. The van der Waals surface area contributed by atoms with Gasteiger partial charge in [0.05, 0.1) is 16.3 Å². The van der Waals surface area contributed by atoms with Gasteiger partial charge in [0.15, 0.2) is 5.17 Å². The first-order chi connectivity index (χ1) is 14.0. The number of amidine groups is 1. The molecule has 2 aromatic carbocycles. The molecule has 0 bridgehead atoms. The molecule has 1 amide bonds. The van der Waals surface area contributed by atoms with Gasteiger partial charge >= 0.3 is 0 Å². The summed E-state index contributed by atoms with van der Waals surface area (Å²) in [4.78, 5) is 22.8. The molecule has 4 nitrogen and oxygen atoms in total. The summed E-state index contributed by atoms with van der Waals surface area (Å²) in [6, 6.07) is 16.3. The van der Waals surface area contributed by atoms with Crippen LogP contribution in [-0.2, 0) is 4.79 Å². The summed E-state index contributed by atoms with van der Waals surface area (Å²) in [7, 11) is 4.03. The van der Waals surface area contributed by atoms with Gasteiger partial charge in [-0.05, 0) is 76.4 Å². The average Bonchev–Trinajstić information content (AvgIpc) is 3.31. The second-order valence-corrected chi connectivity index (χ2v) is 9.42. The van der Waals surface area contributed by atoms with Crippen LogP contribution in [0, 0.1) is 0 Å². The van der Waals surface area contributed by atoms with Gasteiger partial charge in [-0.15, -0.1) is 0 Å². The first-order valence-corrected chi connectivity index (χ1v) is 11.5. The van der Waals surface area contributed by atoms with Gasteiger partial charge in [-0.25, -0.2) is 4.99 Å². The van der Waals surface area contributed by atoms with Gasteiger partial charge in [0, 0.05) is 24.6 Å². The number of halogens is 1. The molecule has 2 fully saturated rings. The van der Waals surface area contributed by atoms with Crippen LogP contribution in [0.3, 0.4) is 0 Å². The zero-order valence-corrected chi connectivity index (χ0v) is 19.0. The lowest BCUT2D eigenvalue weighted by Crippen LogP contribution is -2.37. The van der Waals surface area contributed by atoms with E-state index in [4.69, 9.17) is 4.99 Å². The summed E-state index contributed by atoms with van der Waals surface area (Å²) < 4.78 is 1.01. The maximum Gasteiger partial charge on any atom is 0.267 e. The lowest BCUT2D eigenvalue weighted by Gasteiger charge is -2.22. The highest BCUT2D eigenvalue weighted by molar-refractivity contribution is 9.10. The van der Waals surface area contributed by atoms with Crippen molar-refractivity contribution in [2.24, 2.45) is 4.99 Å². The number of hydrogen-bond acceptors (Lipinski definition) is 4. The number of carbonyl (C=O) groups excluding carboxylic acids is 1. The molecule has 0 N–H and O–H groups in total. The highest BCUT2D eigenvalue weighted by Gasteiger charge is 2.39. The summed E-state index contributed by atoms with van der Waals surface area (Å²) in [5.74, 6) is 0.0735. The van der Waals surface area contributed by atoms with Crippen molar-refractivity contribution in [3.8, 4) is 0 Å². The van der Waals surface area contributed by atoms with E-state index in [1.54, 1.807) is 0 Å². The molecule has 1 aliphatic heterocycles. The van der Waals surface area contributed by atoms with Crippen LogP contribution in [0.5, 0.6) is 0 Å². The molecule has 6 heteroatoms. The standard InChI is InChI=1S/C23H24BrN3OS/c1-26(2)20-13-12-16(14-19(20)24)15-21-22(28)27(18-10-6-7-11-18)23(29-21)25-17-8-4-3-5-9-17/h3-5,8-9,12-15,18H,6-7,10-11H2,1-2H3/b21-15+,25-23?. The fraction of sp³-hybridized carbons (Fsp3) is 0.304. The van der Waals surface area contributed by atoms with Gasteiger partial charge in [-0.1, -0.05) is 37.1 Å². The largest absolute Gasteiger partial charge is 0.377 e. The number of hydrogen-bond donors (Lipinski definition) is 0. The zero-order chi connectivity index (χ0) is 20.4. The molecule has 0 unspecified atom stereocenters. The van der Waals surface area contributed by atoms with Gasteiger partial charge in [-0.3, -0.25) is 9.69 Å². The van der Waals surface area contributed by atoms with Crippen molar-refractivity contribution >= 4 is 56.2 Å².